The van der Waals surface area contributed by atoms with Gasteiger partial charge in [0, 0.05) is 39.2 Å². The summed E-state index contributed by atoms with van der Waals surface area (Å²) in [6.07, 6.45) is 1.93. The Balaban J connectivity index is 2.16. The molecule has 9 atom stereocenters. The summed E-state index contributed by atoms with van der Waals surface area (Å²) in [7, 11) is 1.60. The zero-order chi connectivity index (χ0) is 24.1. The van der Waals surface area contributed by atoms with Crippen molar-refractivity contribution in [1.29, 1.82) is 0 Å². The van der Waals surface area contributed by atoms with E-state index in [0.717, 1.165) is 12.8 Å². The van der Waals surface area contributed by atoms with Gasteiger partial charge in [-0.25, -0.2) is 0 Å². The lowest BCUT2D eigenvalue weighted by Crippen LogP contribution is -2.57. The van der Waals surface area contributed by atoms with E-state index in [1.807, 2.05) is 13.8 Å². The van der Waals surface area contributed by atoms with Crippen LogP contribution in [0.1, 0.15) is 80.6 Å². The van der Waals surface area contributed by atoms with E-state index in [4.69, 9.17) is 18.9 Å². The van der Waals surface area contributed by atoms with Gasteiger partial charge in [-0.2, -0.15) is 0 Å². The van der Waals surface area contributed by atoms with E-state index in [1.165, 1.54) is 13.8 Å². The van der Waals surface area contributed by atoms with Gasteiger partial charge < -0.3 is 24.1 Å². The van der Waals surface area contributed by atoms with Crippen LogP contribution < -0.4 is 0 Å². The van der Waals surface area contributed by atoms with Crippen LogP contribution in [0.15, 0.2) is 0 Å². The summed E-state index contributed by atoms with van der Waals surface area (Å²) in [4.78, 5) is 24.3. The van der Waals surface area contributed by atoms with Gasteiger partial charge in [-0.05, 0) is 58.3 Å². The van der Waals surface area contributed by atoms with E-state index in [1.54, 1.807) is 14.0 Å². The summed E-state index contributed by atoms with van der Waals surface area (Å²) < 4.78 is 24.4. The molecule has 1 saturated carbocycles. The van der Waals surface area contributed by atoms with Crippen molar-refractivity contribution in [2.24, 2.45) is 23.7 Å². The summed E-state index contributed by atoms with van der Waals surface area (Å²) in [6.45, 7) is 13.0. The maximum atomic E-state index is 12.2. The minimum Gasteiger partial charge on any atom is -0.459 e. The zero-order valence-electron chi connectivity index (χ0n) is 21.0. The van der Waals surface area contributed by atoms with Crippen LogP contribution in [0.4, 0.5) is 0 Å². The smallest absolute Gasteiger partial charge is 0.303 e. The Labute approximate surface area is 192 Å². The Morgan fingerprint density at radius 2 is 1.56 bits per heavy atom. The van der Waals surface area contributed by atoms with Crippen molar-refractivity contribution < 1.29 is 33.6 Å². The Morgan fingerprint density at radius 1 is 1.00 bits per heavy atom. The number of hydrogen-bond donors (Lipinski definition) is 1. The first kappa shape index (κ1) is 25.4. The molecule has 1 aliphatic carbocycles. The third-order valence-corrected chi connectivity index (χ3v) is 8.37. The summed E-state index contributed by atoms with van der Waals surface area (Å²) in [5.74, 6) is -0.0162. The van der Waals surface area contributed by atoms with Crippen LogP contribution in [0.5, 0.6) is 0 Å². The van der Waals surface area contributed by atoms with Gasteiger partial charge in [-0.1, -0.05) is 13.8 Å². The number of ether oxygens (including phenoxy) is 4. The molecule has 32 heavy (non-hydrogen) atoms. The third-order valence-electron chi connectivity index (χ3n) is 8.37. The highest BCUT2D eigenvalue weighted by Gasteiger charge is 2.65. The van der Waals surface area contributed by atoms with Gasteiger partial charge in [0.2, 0.25) is 0 Å². The van der Waals surface area contributed by atoms with Crippen molar-refractivity contribution in [2.45, 2.75) is 116 Å². The van der Waals surface area contributed by atoms with Crippen LogP contribution in [0.3, 0.4) is 0 Å². The minimum absolute atomic E-state index is 0.0392. The molecule has 2 unspecified atom stereocenters. The SMILES string of the molecule is CO[C@H]1CC[C@@](C)(OC(C)=O)C2OC(C[C@]1(C)O)[C@@H]1[C@H]2[C@@H](C(C)C)CC[C@@]1(C)OC(C)=O. The molecule has 0 radical (unpaired) electrons. The average molecular weight is 455 g/mol. The number of hydrogen-bond acceptors (Lipinski definition) is 7. The second kappa shape index (κ2) is 8.88. The average Bonchev–Trinajstić information content (AvgIpc) is 3.01. The van der Waals surface area contributed by atoms with E-state index in [2.05, 4.69) is 13.8 Å². The fraction of sp³-hybridized carbons (Fsp3) is 0.920. The van der Waals surface area contributed by atoms with Crippen molar-refractivity contribution in [3.8, 4) is 0 Å². The van der Waals surface area contributed by atoms with Crippen molar-refractivity contribution in [3.63, 3.8) is 0 Å². The van der Waals surface area contributed by atoms with Gasteiger partial charge in [0.05, 0.1) is 17.8 Å². The molecule has 2 saturated heterocycles. The Kier molecular flexibility index (Phi) is 7.06. The topological polar surface area (TPSA) is 91.3 Å². The van der Waals surface area contributed by atoms with Gasteiger partial charge >= 0.3 is 11.9 Å². The van der Waals surface area contributed by atoms with E-state index in [-0.39, 0.29) is 36.0 Å². The number of aliphatic hydroxyl groups is 1. The van der Waals surface area contributed by atoms with E-state index in [9.17, 15) is 14.7 Å². The van der Waals surface area contributed by atoms with Crippen LogP contribution in [-0.4, -0.2) is 59.3 Å². The standard InChI is InChI=1S/C25H42O7/c1-14(2)17-9-11-24(6,31-15(3)26)21-18-13-23(5,28)19(29-8)10-12-25(7,32-16(4)27)22(30-18)20(17)21/h14,17-22,28H,9-13H2,1-8H3/t17-,18?,19+,20-,21-,22?,23+,24-,25-/m1/s1. The molecule has 7 heteroatoms. The van der Waals surface area contributed by atoms with Crippen molar-refractivity contribution in [3.05, 3.63) is 0 Å². The summed E-state index contributed by atoms with van der Waals surface area (Å²) in [5.41, 5.74) is -2.72. The number of carbonyl (C=O) groups is 2. The second-order valence-electron chi connectivity index (χ2n) is 11.3. The second-order valence-corrected chi connectivity index (χ2v) is 11.3. The number of methoxy groups -OCH3 is 1. The summed E-state index contributed by atoms with van der Waals surface area (Å²) in [6, 6.07) is 0. The minimum atomic E-state index is -1.14. The lowest BCUT2D eigenvalue weighted by molar-refractivity contribution is -0.182. The molecule has 3 rings (SSSR count). The van der Waals surface area contributed by atoms with Crippen LogP contribution in [-0.2, 0) is 28.5 Å². The molecule has 0 aromatic heterocycles. The van der Waals surface area contributed by atoms with Crippen molar-refractivity contribution in [1.82, 2.24) is 0 Å². The number of fused-ring (bicyclic) bond motifs is 5. The van der Waals surface area contributed by atoms with Crippen molar-refractivity contribution in [2.75, 3.05) is 7.11 Å². The molecule has 1 N–H and O–H groups in total. The molecule has 0 aromatic carbocycles. The monoisotopic (exact) mass is 454 g/mol. The highest BCUT2D eigenvalue weighted by molar-refractivity contribution is 5.67. The van der Waals surface area contributed by atoms with Crippen LogP contribution in [0.2, 0.25) is 0 Å². The molecule has 7 nitrogen and oxygen atoms in total. The fourth-order valence-corrected chi connectivity index (χ4v) is 7.07. The summed E-state index contributed by atoms with van der Waals surface area (Å²) in [5, 5.41) is 11.4. The predicted molar refractivity (Wildman–Crippen MR) is 119 cm³/mol. The normalized spacial score (nSPS) is 46.6. The van der Waals surface area contributed by atoms with Gasteiger partial charge in [0.25, 0.3) is 0 Å². The Morgan fingerprint density at radius 3 is 2.09 bits per heavy atom. The molecule has 2 bridgehead atoms. The van der Waals surface area contributed by atoms with Crippen LogP contribution in [0, 0.1) is 23.7 Å². The number of carbonyl (C=O) groups excluding carboxylic acids is 2. The molecular weight excluding hydrogens is 412 g/mol. The highest BCUT2D eigenvalue weighted by atomic mass is 16.6. The molecular formula is C25H42O7. The zero-order valence-corrected chi connectivity index (χ0v) is 21.0. The molecule has 3 fully saturated rings. The molecule has 2 heterocycles. The lowest BCUT2D eigenvalue weighted by Gasteiger charge is -2.51. The third kappa shape index (κ3) is 4.58. The summed E-state index contributed by atoms with van der Waals surface area (Å²) >= 11 is 0. The van der Waals surface area contributed by atoms with Gasteiger partial charge in [-0.15, -0.1) is 0 Å². The van der Waals surface area contributed by atoms with Gasteiger partial charge in [0.15, 0.2) is 0 Å². The van der Waals surface area contributed by atoms with Crippen LogP contribution >= 0.6 is 0 Å². The molecule has 184 valence electrons. The lowest BCUT2D eigenvalue weighted by atomic mass is 9.57. The molecule has 2 aliphatic heterocycles. The quantitative estimate of drug-likeness (QED) is 0.648. The van der Waals surface area contributed by atoms with Gasteiger partial charge in [0.1, 0.15) is 17.3 Å². The van der Waals surface area contributed by atoms with E-state index < -0.39 is 22.9 Å². The highest BCUT2D eigenvalue weighted by Crippen LogP contribution is 2.58. The largest absolute Gasteiger partial charge is 0.459 e. The van der Waals surface area contributed by atoms with Crippen molar-refractivity contribution >= 4 is 11.9 Å². The Hall–Kier alpha value is -1.18. The van der Waals surface area contributed by atoms with E-state index >= 15 is 0 Å². The first-order valence-electron chi connectivity index (χ1n) is 12.0. The predicted octanol–water partition coefficient (Wildman–Crippen LogP) is 3.65. The maximum absolute atomic E-state index is 12.2. The van der Waals surface area contributed by atoms with Gasteiger partial charge in [-0.3, -0.25) is 9.59 Å². The molecule has 3 aliphatic rings. The molecule has 0 aromatic rings. The van der Waals surface area contributed by atoms with E-state index in [0.29, 0.717) is 31.1 Å². The number of rotatable bonds is 4. The maximum Gasteiger partial charge on any atom is 0.303 e. The molecule has 0 amide bonds. The first-order chi connectivity index (χ1) is 14.7. The Bertz CT molecular complexity index is 719. The fourth-order valence-electron chi connectivity index (χ4n) is 7.07. The van der Waals surface area contributed by atoms with Crippen LogP contribution in [0.25, 0.3) is 0 Å². The molecule has 0 spiro atoms. The number of esters is 2. The first-order valence-corrected chi connectivity index (χ1v) is 12.0.